The summed E-state index contributed by atoms with van der Waals surface area (Å²) in [5, 5.41) is 0. The molecule has 0 radical (unpaired) electrons. The largest absolute Gasteiger partial charge is 0.457 e. The van der Waals surface area contributed by atoms with Gasteiger partial charge in [-0.25, -0.2) is 4.98 Å². The average molecular weight is 340 g/mol. The average Bonchev–Trinajstić information content (AvgIpc) is 3.06. The van der Waals surface area contributed by atoms with Crippen LogP contribution in [0.3, 0.4) is 0 Å². The zero-order valence-corrected chi connectivity index (χ0v) is 14.1. The van der Waals surface area contributed by atoms with Crippen LogP contribution in [0.1, 0.15) is 16.8 Å². The molecule has 0 spiro atoms. The molecule has 0 bridgehead atoms. The van der Waals surface area contributed by atoms with Gasteiger partial charge in [-0.2, -0.15) is 0 Å². The third-order valence-corrected chi connectivity index (χ3v) is 4.70. The number of aromatic nitrogens is 2. The number of para-hydroxylation sites is 2. The molecule has 4 heteroatoms. The van der Waals surface area contributed by atoms with Crippen LogP contribution >= 0.6 is 0 Å². The van der Waals surface area contributed by atoms with E-state index in [0.29, 0.717) is 13.0 Å². The number of rotatable bonds is 3. The SMILES string of the molecule is O=C1CCn2c(-c3cccc(Oc4ccccc4)c3)nc3cccc1c32. The van der Waals surface area contributed by atoms with Crippen molar-refractivity contribution in [1.29, 1.82) is 0 Å². The van der Waals surface area contributed by atoms with E-state index in [2.05, 4.69) is 4.57 Å². The quantitative estimate of drug-likeness (QED) is 0.522. The molecular formula is C22H16N2O2. The van der Waals surface area contributed by atoms with Crippen molar-refractivity contribution in [2.24, 2.45) is 0 Å². The number of aryl methyl sites for hydroxylation is 1. The minimum Gasteiger partial charge on any atom is -0.457 e. The van der Waals surface area contributed by atoms with Crippen molar-refractivity contribution < 1.29 is 9.53 Å². The minimum atomic E-state index is 0.190. The van der Waals surface area contributed by atoms with Gasteiger partial charge in [0.1, 0.15) is 17.3 Å². The van der Waals surface area contributed by atoms with Crippen LogP contribution in [0.2, 0.25) is 0 Å². The maximum absolute atomic E-state index is 12.2. The van der Waals surface area contributed by atoms with Gasteiger partial charge in [0.25, 0.3) is 0 Å². The molecule has 3 aromatic carbocycles. The van der Waals surface area contributed by atoms with Crippen LogP contribution in [0.25, 0.3) is 22.4 Å². The summed E-state index contributed by atoms with van der Waals surface area (Å²) >= 11 is 0. The van der Waals surface area contributed by atoms with Crippen molar-refractivity contribution in [1.82, 2.24) is 9.55 Å². The number of ether oxygens (including phenoxy) is 1. The standard InChI is InChI=1S/C22H16N2O2/c25-20-12-13-24-21-18(20)10-5-11-19(21)23-22(24)15-6-4-9-17(14-15)26-16-7-2-1-3-8-16/h1-11,14H,12-13H2. The van der Waals surface area contributed by atoms with Gasteiger partial charge in [-0.1, -0.05) is 36.4 Å². The van der Waals surface area contributed by atoms with Gasteiger partial charge in [0.05, 0.1) is 11.0 Å². The zero-order valence-electron chi connectivity index (χ0n) is 14.1. The first-order chi connectivity index (χ1) is 12.8. The Balaban J connectivity index is 1.61. The normalized spacial score (nSPS) is 13.2. The summed E-state index contributed by atoms with van der Waals surface area (Å²) in [6.07, 6.45) is 0.510. The molecule has 0 saturated heterocycles. The molecule has 0 saturated carbocycles. The number of imidazole rings is 1. The summed E-state index contributed by atoms with van der Waals surface area (Å²) < 4.78 is 8.10. The van der Waals surface area contributed by atoms with Gasteiger partial charge in [-0.15, -0.1) is 0 Å². The molecule has 0 unspecified atom stereocenters. The highest BCUT2D eigenvalue weighted by atomic mass is 16.5. The van der Waals surface area contributed by atoms with E-state index in [-0.39, 0.29) is 5.78 Å². The van der Waals surface area contributed by atoms with Gasteiger partial charge in [0.2, 0.25) is 0 Å². The van der Waals surface area contributed by atoms with Crippen LogP contribution < -0.4 is 4.74 Å². The number of ketones is 1. The Morgan fingerprint density at radius 2 is 1.69 bits per heavy atom. The molecule has 0 N–H and O–H groups in total. The summed E-state index contributed by atoms with van der Waals surface area (Å²) in [7, 11) is 0. The van der Waals surface area contributed by atoms with E-state index in [9.17, 15) is 4.79 Å². The predicted octanol–water partition coefficient (Wildman–Crippen LogP) is 5.08. The first-order valence-corrected chi connectivity index (χ1v) is 8.65. The number of Topliss-reactive ketones (excluding diaryl/α,β-unsaturated/α-hetero) is 1. The molecule has 26 heavy (non-hydrogen) atoms. The monoisotopic (exact) mass is 340 g/mol. The lowest BCUT2D eigenvalue weighted by Crippen LogP contribution is -2.14. The molecule has 1 aromatic heterocycles. The Bertz CT molecular complexity index is 1130. The van der Waals surface area contributed by atoms with E-state index in [4.69, 9.17) is 9.72 Å². The second kappa shape index (κ2) is 5.85. The number of carbonyl (C=O) groups excluding carboxylic acids is 1. The van der Waals surface area contributed by atoms with Crippen molar-refractivity contribution in [2.45, 2.75) is 13.0 Å². The molecule has 0 aliphatic carbocycles. The lowest BCUT2D eigenvalue weighted by molar-refractivity contribution is 0.0973. The number of nitrogens with zero attached hydrogens (tertiary/aromatic N) is 2. The fraction of sp³-hybridized carbons (Fsp3) is 0.0909. The Morgan fingerprint density at radius 1 is 0.885 bits per heavy atom. The summed E-state index contributed by atoms with van der Waals surface area (Å²) in [4.78, 5) is 17.0. The second-order valence-corrected chi connectivity index (χ2v) is 6.38. The van der Waals surface area contributed by atoms with Crippen molar-refractivity contribution >= 4 is 16.8 Å². The van der Waals surface area contributed by atoms with Crippen molar-refractivity contribution in [3.8, 4) is 22.9 Å². The zero-order chi connectivity index (χ0) is 17.5. The van der Waals surface area contributed by atoms with E-state index in [1.54, 1.807) is 0 Å². The van der Waals surface area contributed by atoms with Gasteiger partial charge < -0.3 is 9.30 Å². The van der Waals surface area contributed by atoms with Crippen LogP contribution in [-0.4, -0.2) is 15.3 Å². The molecule has 5 rings (SSSR count). The lowest BCUT2D eigenvalue weighted by Gasteiger charge is -2.16. The first-order valence-electron chi connectivity index (χ1n) is 8.65. The van der Waals surface area contributed by atoms with Gasteiger partial charge in [-0.3, -0.25) is 4.79 Å². The van der Waals surface area contributed by atoms with Gasteiger partial charge >= 0.3 is 0 Å². The number of hydrogen-bond acceptors (Lipinski definition) is 3. The van der Waals surface area contributed by atoms with Gasteiger partial charge in [0, 0.05) is 24.1 Å². The maximum Gasteiger partial charge on any atom is 0.166 e. The van der Waals surface area contributed by atoms with E-state index >= 15 is 0 Å². The Labute approximate surface area is 150 Å². The number of carbonyl (C=O) groups is 1. The minimum absolute atomic E-state index is 0.190. The smallest absolute Gasteiger partial charge is 0.166 e. The maximum atomic E-state index is 12.2. The van der Waals surface area contributed by atoms with Crippen LogP contribution in [0.5, 0.6) is 11.5 Å². The first kappa shape index (κ1) is 14.9. The molecule has 1 aliphatic heterocycles. The lowest BCUT2D eigenvalue weighted by atomic mass is 10.0. The topological polar surface area (TPSA) is 44.1 Å². The molecule has 0 amide bonds. The van der Waals surface area contributed by atoms with Crippen LogP contribution in [0.15, 0.2) is 72.8 Å². The molecular weight excluding hydrogens is 324 g/mol. The molecule has 2 heterocycles. The molecule has 0 fully saturated rings. The van der Waals surface area contributed by atoms with Crippen molar-refractivity contribution in [3.63, 3.8) is 0 Å². The Morgan fingerprint density at radius 3 is 2.58 bits per heavy atom. The van der Waals surface area contributed by atoms with Gasteiger partial charge in [-0.05, 0) is 36.4 Å². The summed E-state index contributed by atoms with van der Waals surface area (Å²) in [5.74, 6) is 2.63. The highest BCUT2D eigenvalue weighted by Gasteiger charge is 2.23. The summed E-state index contributed by atoms with van der Waals surface area (Å²) in [5.41, 5.74) is 3.55. The van der Waals surface area contributed by atoms with Crippen LogP contribution in [-0.2, 0) is 6.54 Å². The van der Waals surface area contributed by atoms with E-state index < -0.39 is 0 Å². The van der Waals surface area contributed by atoms with Crippen LogP contribution in [0, 0.1) is 0 Å². The molecule has 0 atom stereocenters. The Hall–Kier alpha value is -3.40. The molecule has 1 aliphatic rings. The van der Waals surface area contributed by atoms with E-state index in [0.717, 1.165) is 39.5 Å². The second-order valence-electron chi connectivity index (χ2n) is 6.38. The molecule has 126 valence electrons. The van der Waals surface area contributed by atoms with E-state index in [1.807, 2.05) is 72.8 Å². The highest BCUT2D eigenvalue weighted by Crippen LogP contribution is 2.33. The predicted molar refractivity (Wildman–Crippen MR) is 101 cm³/mol. The Kier molecular flexibility index (Phi) is 3.35. The third-order valence-electron chi connectivity index (χ3n) is 4.70. The van der Waals surface area contributed by atoms with Gasteiger partial charge in [0.15, 0.2) is 5.78 Å². The van der Waals surface area contributed by atoms with Crippen molar-refractivity contribution in [3.05, 3.63) is 78.4 Å². The van der Waals surface area contributed by atoms with E-state index in [1.165, 1.54) is 0 Å². The summed E-state index contributed by atoms with van der Waals surface area (Å²) in [6.45, 7) is 0.658. The molecule has 4 nitrogen and oxygen atoms in total. The van der Waals surface area contributed by atoms with Crippen LogP contribution in [0.4, 0.5) is 0 Å². The molecule has 4 aromatic rings. The number of hydrogen-bond donors (Lipinski definition) is 0. The fourth-order valence-corrected chi connectivity index (χ4v) is 3.52. The number of benzene rings is 3. The third kappa shape index (κ3) is 2.39. The summed E-state index contributed by atoms with van der Waals surface area (Å²) in [6, 6.07) is 23.4. The van der Waals surface area contributed by atoms with Crippen molar-refractivity contribution in [2.75, 3.05) is 0 Å². The fourth-order valence-electron chi connectivity index (χ4n) is 3.52. The highest BCUT2D eigenvalue weighted by molar-refractivity contribution is 6.08.